The predicted molar refractivity (Wildman–Crippen MR) is 174 cm³/mol. The van der Waals surface area contributed by atoms with Gasteiger partial charge in [-0.25, -0.2) is 4.39 Å². The highest BCUT2D eigenvalue weighted by atomic mass is 127. The summed E-state index contributed by atoms with van der Waals surface area (Å²) in [7, 11) is 0. The van der Waals surface area contributed by atoms with E-state index < -0.39 is 30.0 Å². The Morgan fingerprint density at radius 3 is 2.55 bits per heavy atom. The number of amides is 2. The van der Waals surface area contributed by atoms with Crippen molar-refractivity contribution in [3.63, 3.8) is 0 Å². The van der Waals surface area contributed by atoms with Gasteiger partial charge in [-0.15, -0.1) is 0 Å². The van der Waals surface area contributed by atoms with Crippen molar-refractivity contribution in [3.05, 3.63) is 75.1 Å². The van der Waals surface area contributed by atoms with Gasteiger partial charge in [-0.05, 0) is 89.1 Å². The Bertz CT molecular complexity index is 1290. The van der Waals surface area contributed by atoms with E-state index in [1.54, 1.807) is 24.3 Å². The van der Waals surface area contributed by atoms with Gasteiger partial charge in [-0.1, -0.05) is 51.5 Å². The SMILES string of the molecule is CC(C)[C@H]1CC[C@H](C)C[C@@H]1OCC(=O)N(Cc1ccc(F)cc1)[C@@H]1CC(C(=O)NCCO)=C[C@H](Oc2ccccc2I)[C@H]1O. The summed E-state index contributed by atoms with van der Waals surface area (Å²) < 4.78 is 27.2. The number of carbonyl (C=O) groups is 2. The Labute approximate surface area is 273 Å². The van der Waals surface area contributed by atoms with Crippen LogP contribution < -0.4 is 10.1 Å². The number of aliphatic hydroxyl groups excluding tert-OH is 2. The van der Waals surface area contributed by atoms with Gasteiger partial charge in [0, 0.05) is 25.1 Å². The molecule has 1 fully saturated rings. The lowest BCUT2D eigenvalue weighted by Gasteiger charge is -2.41. The molecule has 2 aromatic carbocycles. The summed E-state index contributed by atoms with van der Waals surface area (Å²) in [5.74, 6) is 0.676. The van der Waals surface area contributed by atoms with Gasteiger partial charge in [0.15, 0.2) is 0 Å². The predicted octanol–water partition coefficient (Wildman–Crippen LogP) is 4.85. The fraction of sp³-hybridized carbons (Fsp3) is 0.529. The molecule has 2 aliphatic carbocycles. The molecule has 8 nitrogen and oxygen atoms in total. The van der Waals surface area contributed by atoms with Crippen molar-refractivity contribution in [2.24, 2.45) is 17.8 Å². The number of aliphatic hydroxyl groups is 2. The van der Waals surface area contributed by atoms with Crippen LogP contribution in [0.25, 0.3) is 0 Å². The Morgan fingerprint density at radius 2 is 1.86 bits per heavy atom. The molecule has 0 aliphatic heterocycles. The van der Waals surface area contributed by atoms with E-state index >= 15 is 0 Å². The number of nitrogens with one attached hydrogen (secondary N) is 1. The van der Waals surface area contributed by atoms with E-state index in [9.17, 15) is 24.2 Å². The number of hydrogen-bond donors (Lipinski definition) is 3. The Kier molecular flexibility index (Phi) is 12.6. The number of carbonyl (C=O) groups excluding carboxylic acids is 2. The van der Waals surface area contributed by atoms with Crippen molar-refractivity contribution in [1.29, 1.82) is 0 Å². The van der Waals surface area contributed by atoms with Gasteiger partial charge >= 0.3 is 0 Å². The molecule has 0 saturated heterocycles. The molecule has 4 rings (SSSR count). The molecule has 0 heterocycles. The molecule has 0 bridgehead atoms. The molecule has 10 heteroatoms. The minimum Gasteiger partial charge on any atom is -0.482 e. The number of hydrogen-bond acceptors (Lipinski definition) is 6. The molecule has 0 unspecified atom stereocenters. The number of benzene rings is 2. The van der Waals surface area contributed by atoms with Gasteiger partial charge in [0.05, 0.1) is 22.3 Å². The maximum absolute atomic E-state index is 14.0. The van der Waals surface area contributed by atoms with Crippen LogP contribution in [0.4, 0.5) is 4.39 Å². The lowest BCUT2D eigenvalue weighted by Crippen LogP contribution is -2.55. The smallest absolute Gasteiger partial charge is 0.249 e. The van der Waals surface area contributed by atoms with E-state index in [-0.39, 0.29) is 44.7 Å². The molecular formula is C34H44FIN2O6. The van der Waals surface area contributed by atoms with Crippen molar-refractivity contribution < 1.29 is 33.7 Å². The molecule has 0 spiro atoms. The van der Waals surface area contributed by atoms with E-state index in [4.69, 9.17) is 9.47 Å². The van der Waals surface area contributed by atoms with Crippen LogP contribution in [0.3, 0.4) is 0 Å². The number of rotatable bonds is 12. The molecule has 2 amide bonds. The summed E-state index contributed by atoms with van der Waals surface area (Å²) in [4.78, 5) is 28.7. The molecule has 240 valence electrons. The Hall–Kier alpha value is -2.54. The monoisotopic (exact) mass is 722 g/mol. The second-order valence-corrected chi connectivity index (χ2v) is 13.4. The second-order valence-electron chi connectivity index (χ2n) is 12.3. The highest BCUT2D eigenvalue weighted by molar-refractivity contribution is 14.1. The topological polar surface area (TPSA) is 108 Å². The molecule has 6 atom stereocenters. The van der Waals surface area contributed by atoms with E-state index in [2.05, 4.69) is 48.7 Å². The van der Waals surface area contributed by atoms with Crippen LogP contribution in [-0.4, -0.2) is 71.0 Å². The third kappa shape index (κ3) is 9.02. The first-order chi connectivity index (χ1) is 21.1. The van der Waals surface area contributed by atoms with Crippen molar-refractivity contribution in [2.45, 2.75) is 77.4 Å². The summed E-state index contributed by atoms with van der Waals surface area (Å²) in [6, 6.07) is 12.4. The lowest BCUT2D eigenvalue weighted by atomic mass is 9.75. The van der Waals surface area contributed by atoms with Crippen LogP contribution in [0.2, 0.25) is 0 Å². The average Bonchev–Trinajstić information content (AvgIpc) is 3.00. The fourth-order valence-corrected chi connectivity index (χ4v) is 6.73. The quantitative estimate of drug-likeness (QED) is 0.271. The molecule has 3 N–H and O–H groups in total. The zero-order chi connectivity index (χ0) is 31.8. The maximum atomic E-state index is 14.0. The minimum absolute atomic E-state index is 0.0531. The summed E-state index contributed by atoms with van der Waals surface area (Å²) in [6.07, 6.45) is 2.54. The first-order valence-electron chi connectivity index (χ1n) is 15.4. The minimum atomic E-state index is -1.18. The van der Waals surface area contributed by atoms with Crippen LogP contribution >= 0.6 is 22.6 Å². The van der Waals surface area contributed by atoms with Crippen molar-refractivity contribution in [3.8, 4) is 5.75 Å². The van der Waals surface area contributed by atoms with E-state index in [0.717, 1.165) is 22.8 Å². The van der Waals surface area contributed by atoms with E-state index in [1.165, 1.54) is 17.0 Å². The summed E-state index contributed by atoms with van der Waals surface area (Å²) in [6.45, 7) is 6.31. The van der Waals surface area contributed by atoms with Crippen LogP contribution in [0.5, 0.6) is 5.75 Å². The third-order valence-electron chi connectivity index (χ3n) is 8.68. The first-order valence-corrected chi connectivity index (χ1v) is 16.5. The average molecular weight is 723 g/mol. The summed E-state index contributed by atoms with van der Waals surface area (Å²) in [5.41, 5.74) is 1.01. The van der Waals surface area contributed by atoms with E-state index in [0.29, 0.717) is 34.6 Å². The molecule has 2 aromatic rings. The largest absolute Gasteiger partial charge is 0.482 e. The highest BCUT2D eigenvalue weighted by Gasteiger charge is 2.41. The second kappa shape index (κ2) is 16.1. The standard InChI is InChI=1S/C34H44FIN2O6/c1-21(2)26-13-8-22(3)16-30(26)43-20-32(40)38(19-23-9-11-25(35)12-10-23)28-17-24(34(42)37-14-15-39)18-31(33(28)41)44-29-7-5-4-6-27(29)36/h4-7,9-12,18,21-22,26,28,30-31,33,39,41H,8,13-17,19-20H2,1-3H3,(H,37,42)/t22-,26+,28+,30-,31-,33-/m0/s1. The molecule has 0 radical (unpaired) electrons. The van der Waals surface area contributed by atoms with Crippen molar-refractivity contribution in [1.82, 2.24) is 10.2 Å². The molecular weight excluding hydrogens is 678 g/mol. The van der Waals surface area contributed by atoms with Gasteiger partial charge in [-0.2, -0.15) is 0 Å². The van der Waals surface area contributed by atoms with Crippen molar-refractivity contribution in [2.75, 3.05) is 19.8 Å². The Balaban J connectivity index is 1.64. The first kappa shape index (κ1) is 34.3. The normalized spacial score (nSPS) is 25.3. The van der Waals surface area contributed by atoms with Crippen molar-refractivity contribution >= 4 is 34.4 Å². The van der Waals surface area contributed by atoms with Gasteiger partial charge in [0.2, 0.25) is 11.8 Å². The fourth-order valence-electron chi connectivity index (χ4n) is 6.21. The molecule has 2 aliphatic rings. The molecule has 1 saturated carbocycles. The maximum Gasteiger partial charge on any atom is 0.249 e. The molecule has 0 aromatic heterocycles. The summed E-state index contributed by atoms with van der Waals surface area (Å²) in [5, 5.41) is 23.7. The van der Waals surface area contributed by atoms with Gasteiger partial charge < -0.3 is 29.9 Å². The van der Waals surface area contributed by atoms with Crippen LogP contribution in [-0.2, 0) is 20.9 Å². The van der Waals surface area contributed by atoms with Gasteiger partial charge in [0.1, 0.15) is 30.4 Å². The van der Waals surface area contributed by atoms with Gasteiger partial charge in [0.25, 0.3) is 0 Å². The summed E-state index contributed by atoms with van der Waals surface area (Å²) >= 11 is 2.14. The lowest BCUT2D eigenvalue weighted by molar-refractivity contribution is -0.149. The highest BCUT2D eigenvalue weighted by Crippen LogP contribution is 2.36. The number of ether oxygens (including phenoxy) is 2. The van der Waals surface area contributed by atoms with E-state index in [1.807, 2.05) is 18.2 Å². The number of halogens is 2. The zero-order valence-corrected chi connectivity index (χ0v) is 27.8. The number of nitrogens with zero attached hydrogens (tertiary/aromatic N) is 1. The van der Waals surface area contributed by atoms with Gasteiger partial charge in [-0.3, -0.25) is 9.59 Å². The van der Waals surface area contributed by atoms with Crippen LogP contribution in [0, 0.1) is 27.1 Å². The Morgan fingerprint density at radius 1 is 1.14 bits per heavy atom. The van der Waals surface area contributed by atoms with Crippen LogP contribution in [0.1, 0.15) is 52.0 Å². The third-order valence-corrected chi connectivity index (χ3v) is 9.57. The zero-order valence-electron chi connectivity index (χ0n) is 25.6. The molecule has 44 heavy (non-hydrogen) atoms. The number of para-hydroxylation sites is 1. The van der Waals surface area contributed by atoms with Crippen LogP contribution in [0.15, 0.2) is 60.2 Å².